The Morgan fingerprint density at radius 3 is 2.94 bits per heavy atom. The zero-order valence-electron chi connectivity index (χ0n) is 9.42. The van der Waals surface area contributed by atoms with Crippen LogP contribution in [0.3, 0.4) is 0 Å². The molecule has 0 amide bonds. The van der Waals surface area contributed by atoms with Crippen molar-refractivity contribution in [3.05, 3.63) is 35.2 Å². The normalized spacial score (nSPS) is 18.9. The van der Waals surface area contributed by atoms with E-state index in [4.69, 9.17) is 9.47 Å². The molecule has 0 N–H and O–H groups in total. The second kappa shape index (κ2) is 4.42. The van der Waals surface area contributed by atoms with Gasteiger partial charge in [0.1, 0.15) is 4.88 Å². The van der Waals surface area contributed by atoms with Gasteiger partial charge in [-0.25, -0.2) is 9.59 Å². The molecule has 1 aromatic heterocycles. The maximum atomic E-state index is 11.9. The van der Waals surface area contributed by atoms with E-state index in [0.29, 0.717) is 17.9 Å². The van der Waals surface area contributed by atoms with E-state index in [0.717, 1.165) is 10.1 Å². The Labute approximate surface area is 107 Å². The average Bonchev–Trinajstić information content (AvgIpc) is 2.96. The van der Waals surface area contributed by atoms with E-state index in [2.05, 4.69) is 0 Å². The number of carbonyl (C=O) groups is 2. The fraction of sp³-hybridized carbons (Fsp3) is 0.231. The molecule has 2 aromatic rings. The second-order valence-corrected chi connectivity index (χ2v) is 5.08. The van der Waals surface area contributed by atoms with E-state index in [9.17, 15) is 9.59 Å². The van der Waals surface area contributed by atoms with Crippen LogP contribution in [0.1, 0.15) is 16.1 Å². The number of hydrogen-bond donors (Lipinski definition) is 0. The molecule has 0 saturated carbocycles. The summed E-state index contributed by atoms with van der Waals surface area (Å²) in [5.74, 6) is -0.912. The summed E-state index contributed by atoms with van der Waals surface area (Å²) in [5.41, 5.74) is 0. The van der Waals surface area contributed by atoms with Gasteiger partial charge in [-0.3, -0.25) is 0 Å². The van der Waals surface area contributed by atoms with Crippen LogP contribution in [0, 0.1) is 0 Å². The number of ether oxygens (including phenoxy) is 2. The highest BCUT2D eigenvalue weighted by Gasteiger charge is 2.30. The molecule has 1 fully saturated rings. The van der Waals surface area contributed by atoms with E-state index in [1.165, 1.54) is 11.3 Å². The summed E-state index contributed by atoms with van der Waals surface area (Å²) in [5, 5.41) is 1.00. The molecular weight excluding hydrogens is 252 g/mol. The molecule has 0 radical (unpaired) electrons. The van der Waals surface area contributed by atoms with Gasteiger partial charge in [-0.15, -0.1) is 11.3 Å². The number of thiophene rings is 1. The molecule has 1 aromatic carbocycles. The largest absolute Gasteiger partial charge is 0.463 e. The summed E-state index contributed by atoms with van der Waals surface area (Å²) in [6, 6.07) is 9.50. The van der Waals surface area contributed by atoms with Crippen molar-refractivity contribution in [2.24, 2.45) is 0 Å². The van der Waals surface area contributed by atoms with Crippen LogP contribution in [0.4, 0.5) is 0 Å². The zero-order valence-corrected chi connectivity index (χ0v) is 10.2. The summed E-state index contributed by atoms with van der Waals surface area (Å²) in [4.78, 5) is 23.6. The monoisotopic (exact) mass is 262 g/mol. The molecule has 0 aliphatic carbocycles. The minimum atomic E-state index is -0.747. The lowest BCUT2D eigenvalue weighted by atomic mass is 10.2. The molecule has 0 spiro atoms. The third-order valence-electron chi connectivity index (χ3n) is 2.76. The molecule has 92 valence electrons. The van der Waals surface area contributed by atoms with Crippen molar-refractivity contribution in [3.63, 3.8) is 0 Å². The highest BCUT2D eigenvalue weighted by Crippen LogP contribution is 2.26. The molecule has 3 rings (SSSR count). The summed E-state index contributed by atoms with van der Waals surface area (Å²) in [6.07, 6.45) is -0.308. The van der Waals surface area contributed by atoms with Crippen LogP contribution in [0.25, 0.3) is 10.1 Å². The minimum Gasteiger partial charge on any atom is -0.463 e. The van der Waals surface area contributed by atoms with Crippen LogP contribution in [0.2, 0.25) is 0 Å². The summed E-state index contributed by atoms with van der Waals surface area (Å²) < 4.78 is 10.9. The van der Waals surface area contributed by atoms with Crippen LogP contribution < -0.4 is 0 Å². The number of hydrogen-bond acceptors (Lipinski definition) is 5. The summed E-state index contributed by atoms with van der Waals surface area (Å²) in [6.45, 7) is 0.323. The van der Waals surface area contributed by atoms with Gasteiger partial charge in [0.05, 0.1) is 6.61 Å². The van der Waals surface area contributed by atoms with Gasteiger partial charge in [0.25, 0.3) is 0 Å². The molecule has 0 unspecified atom stereocenters. The summed E-state index contributed by atoms with van der Waals surface area (Å²) in [7, 11) is 0. The standard InChI is InChI=1S/C13H10O4S/c14-12-9(5-6-16-12)17-13(15)11-7-8-3-1-2-4-10(8)18-11/h1-4,7,9H,5-6H2/t9-/m0/s1. The van der Waals surface area contributed by atoms with E-state index in [-0.39, 0.29) is 0 Å². The maximum absolute atomic E-state index is 11.9. The summed E-state index contributed by atoms with van der Waals surface area (Å²) >= 11 is 1.36. The molecule has 1 aliphatic rings. The van der Waals surface area contributed by atoms with Crippen LogP contribution in [-0.2, 0) is 14.3 Å². The van der Waals surface area contributed by atoms with Gasteiger partial charge in [0, 0.05) is 11.1 Å². The first kappa shape index (κ1) is 11.2. The Morgan fingerprint density at radius 2 is 2.22 bits per heavy atom. The van der Waals surface area contributed by atoms with Gasteiger partial charge in [-0.05, 0) is 17.5 Å². The van der Waals surface area contributed by atoms with Crippen molar-refractivity contribution in [1.29, 1.82) is 0 Å². The Morgan fingerprint density at radius 1 is 1.39 bits per heavy atom. The average molecular weight is 262 g/mol. The van der Waals surface area contributed by atoms with Crippen LogP contribution in [-0.4, -0.2) is 24.6 Å². The van der Waals surface area contributed by atoms with Crippen molar-refractivity contribution in [1.82, 2.24) is 0 Å². The van der Waals surface area contributed by atoms with Crippen molar-refractivity contribution in [2.45, 2.75) is 12.5 Å². The molecule has 18 heavy (non-hydrogen) atoms. The number of fused-ring (bicyclic) bond motifs is 1. The van der Waals surface area contributed by atoms with Crippen molar-refractivity contribution >= 4 is 33.4 Å². The third kappa shape index (κ3) is 1.97. The van der Waals surface area contributed by atoms with Crippen LogP contribution >= 0.6 is 11.3 Å². The zero-order chi connectivity index (χ0) is 12.5. The first-order valence-electron chi connectivity index (χ1n) is 5.60. The lowest BCUT2D eigenvalue weighted by Crippen LogP contribution is -2.22. The number of benzene rings is 1. The smallest absolute Gasteiger partial charge is 0.349 e. The topological polar surface area (TPSA) is 52.6 Å². The molecular formula is C13H10O4S. The lowest BCUT2D eigenvalue weighted by molar-refractivity contribution is -0.145. The maximum Gasteiger partial charge on any atom is 0.349 e. The van der Waals surface area contributed by atoms with E-state index in [1.54, 1.807) is 6.07 Å². The second-order valence-electron chi connectivity index (χ2n) is 4.00. The van der Waals surface area contributed by atoms with Crippen molar-refractivity contribution in [2.75, 3.05) is 6.61 Å². The molecule has 1 atom stereocenters. The first-order chi connectivity index (χ1) is 8.74. The molecule has 4 nitrogen and oxygen atoms in total. The van der Waals surface area contributed by atoms with Gasteiger partial charge in [0.2, 0.25) is 6.10 Å². The lowest BCUT2D eigenvalue weighted by Gasteiger charge is -2.06. The van der Waals surface area contributed by atoms with Crippen molar-refractivity contribution in [3.8, 4) is 0 Å². The fourth-order valence-electron chi connectivity index (χ4n) is 1.85. The predicted octanol–water partition coefficient (Wildman–Crippen LogP) is 2.37. The first-order valence-corrected chi connectivity index (χ1v) is 6.42. The number of esters is 2. The van der Waals surface area contributed by atoms with Crippen LogP contribution in [0.15, 0.2) is 30.3 Å². The van der Waals surface area contributed by atoms with Gasteiger partial charge < -0.3 is 9.47 Å². The van der Waals surface area contributed by atoms with Gasteiger partial charge in [-0.2, -0.15) is 0 Å². The molecule has 5 heteroatoms. The Balaban J connectivity index is 1.81. The Kier molecular flexibility index (Phi) is 2.76. The predicted molar refractivity (Wildman–Crippen MR) is 66.6 cm³/mol. The van der Waals surface area contributed by atoms with Crippen LogP contribution in [0.5, 0.6) is 0 Å². The molecule has 0 bridgehead atoms. The van der Waals surface area contributed by atoms with E-state index >= 15 is 0 Å². The Hall–Kier alpha value is -1.88. The highest BCUT2D eigenvalue weighted by molar-refractivity contribution is 7.20. The van der Waals surface area contributed by atoms with E-state index < -0.39 is 18.0 Å². The van der Waals surface area contributed by atoms with Gasteiger partial charge in [0.15, 0.2) is 0 Å². The highest BCUT2D eigenvalue weighted by atomic mass is 32.1. The van der Waals surface area contributed by atoms with E-state index in [1.807, 2.05) is 24.3 Å². The fourth-order valence-corrected chi connectivity index (χ4v) is 2.80. The molecule has 1 saturated heterocycles. The third-order valence-corrected chi connectivity index (χ3v) is 3.86. The van der Waals surface area contributed by atoms with Crippen molar-refractivity contribution < 1.29 is 19.1 Å². The number of rotatable bonds is 2. The number of carbonyl (C=O) groups excluding carboxylic acids is 2. The van der Waals surface area contributed by atoms with Gasteiger partial charge in [-0.1, -0.05) is 18.2 Å². The molecule has 1 aliphatic heterocycles. The van der Waals surface area contributed by atoms with Gasteiger partial charge >= 0.3 is 11.9 Å². The molecule has 2 heterocycles. The quantitative estimate of drug-likeness (QED) is 0.780. The Bertz CT molecular complexity index is 583. The minimum absolute atomic E-state index is 0.323. The number of cyclic esters (lactones) is 1. The SMILES string of the molecule is O=C(O[C@H]1CCOC1=O)c1cc2ccccc2s1.